The molecule has 118 valence electrons. The highest BCUT2D eigenvalue weighted by atomic mass is 16.2. The molecule has 2 amide bonds. The number of nitrogens with zero attached hydrogens (tertiary/aromatic N) is 1. The molecule has 2 aromatic carbocycles. The summed E-state index contributed by atoms with van der Waals surface area (Å²) in [5.41, 5.74) is 1.88. The first-order valence-corrected chi connectivity index (χ1v) is 7.77. The highest BCUT2D eigenvalue weighted by Crippen LogP contribution is 2.33. The SMILES string of the molecule is CCCCN(CC=O)c1ccc2c3c(cccc13)C(=O)NC2=O. The minimum atomic E-state index is -0.374. The molecule has 1 heterocycles. The van der Waals surface area contributed by atoms with Gasteiger partial charge in [-0.2, -0.15) is 0 Å². The van der Waals surface area contributed by atoms with Gasteiger partial charge in [-0.3, -0.25) is 14.9 Å². The number of hydrogen-bond acceptors (Lipinski definition) is 4. The lowest BCUT2D eigenvalue weighted by molar-refractivity contribution is -0.106. The normalized spacial score (nSPS) is 13.1. The number of benzene rings is 2. The maximum absolute atomic E-state index is 12.1. The van der Waals surface area contributed by atoms with Crippen LogP contribution >= 0.6 is 0 Å². The van der Waals surface area contributed by atoms with Crippen LogP contribution in [0.2, 0.25) is 0 Å². The summed E-state index contributed by atoms with van der Waals surface area (Å²) in [4.78, 5) is 37.1. The molecule has 1 N–H and O–H groups in total. The Morgan fingerprint density at radius 2 is 1.83 bits per heavy atom. The zero-order valence-electron chi connectivity index (χ0n) is 13.0. The van der Waals surface area contributed by atoms with E-state index in [0.717, 1.165) is 36.7 Å². The van der Waals surface area contributed by atoms with Crippen molar-refractivity contribution in [2.45, 2.75) is 19.8 Å². The van der Waals surface area contributed by atoms with Crippen LogP contribution in [0.15, 0.2) is 30.3 Å². The number of aldehydes is 1. The monoisotopic (exact) mass is 310 g/mol. The molecule has 0 spiro atoms. The van der Waals surface area contributed by atoms with Crippen LogP contribution in [0.3, 0.4) is 0 Å². The van der Waals surface area contributed by atoms with E-state index in [0.29, 0.717) is 23.1 Å². The lowest BCUT2D eigenvalue weighted by Gasteiger charge is -2.26. The van der Waals surface area contributed by atoms with Gasteiger partial charge in [0, 0.05) is 34.1 Å². The summed E-state index contributed by atoms with van der Waals surface area (Å²) in [6, 6.07) is 9.00. The molecule has 0 radical (unpaired) electrons. The van der Waals surface area contributed by atoms with Crippen molar-refractivity contribution in [1.82, 2.24) is 5.32 Å². The Labute approximate surface area is 134 Å². The average Bonchev–Trinajstić information content (AvgIpc) is 2.56. The molecule has 0 bridgehead atoms. The summed E-state index contributed by atoms with van der Waals surface area (Å²) in [7, 11) is 0. The molecule has 0 saturated carbocycles. The minimum Gasteiger partial charge on any atom is -0.364 e. The summed E-state index contributed by atoms with van der Waals surface area (Å²) >= 11 is 0. The van der Waals surface area contributed by atoms with E-state index in [1.165, 1.54) is 0 Å². The first-order chi connectivity index (χ1) is 11.2. The van der Waals surface area contributed by atoms with Gasteiger partial charge in [0.15, 0.2) is 0 Å². The highest BCUT2D eigenvalue weighted by molar-refractivity contribution is 6.26. The first kappa shape index (κ1) is 15.2. The number of hydrogen-bond donors (Lipinski definition) is 1. The van der Waals surface area contributed by atoms with E-state index in [-0.39, 0.29) is 11.8 Å². The molecule has 2 aromatic rings. The number of carbonyl (C=O) groups excluding carboxylic acids is 3. The largest absolute Gasteiger partial charge is 0.364 e. The Morgan fingerprint density at radius 3 is 2.52 bits per heavy atom. The molecule has 0 aliphatic carbocycles. The molecular formula is C18H18N2O3. The van der Waals surface area contributed by atoms with Gasteiger partial charge in [0.25, 0.3) is 11.8 Å². The fourth-order valence-corrected chi connectivity index (χ4v) is 3.03. The molecule has 0 aromatic heterocycles. The van der Waals surface area contributed by atoms with Crippen molar-refractivity contribution >= 4 is 34.6 Å². The van der Waals surface area contributed by atoms with Gasteiger partial charge in [0.1, 0.15) is 6.29 Å². The van der Waals surface area contributed by atoms with E-state index in [9.17, 15) is 14.4 Å². The molecule has 3 rings (SSSR count). The second-order valence-electron chi connectivity index (χ2n) is 5.61. The van der Waals surface area contributed by atoms with Crippen LogP contribution in [0.5, 0.6) is 0 Å². The van der Waals surface area contributed by atoms with Crippen LogP contribution in [0.25, 0.3) is 10.8 Å². The maximum atomic E-state index is 12.1. The number of nitrogens with one attached hydrogen (secondary N) is 1. The quantitative estimate of drug-likeness (QED) is 0.657. The van der Waals surface area contributed by atoms with Crippen LogP contribution in [0.1, 0.15) is 40.5 Å². The Bertz CT molecular complexity index is 778. The zero-order valence-corrected chi connectivity index (χ0v) is 13.0. The van der Waals surface area contributed by atoms with Gasteiger partial charge in [-0.25, -0.2) is 0 Å². The standard InChI is InChI=1S/C18H18N2O3/c1-2-3-9-20(10-11-21)15-8-7-14-16-12(15)5-4-6-13(16)17(22)19-18(14)23/h4-8,11H,2-3,9-10H2,1H3,(H,19,22,23). The molecule has 0 fully saturated rings. The van der Waals surface area contributed by atoms with E-state index in [4.69, 9.17) is 0 Å². The topological polar surface area (TPSA) is 66.5 Å². The molecule has 23 heavy (non-hydrogen) atoms. The fourth-order valence-electron chi connectivity index (χ4n) is 3.03. The maximum Gasteiger partial charge on any atom is 0.258 e. The third kappa shape index (κ3) is 2.59. The number of amides is 2. The van der Waals surface area contributed by atoms with E-state index < -0.39 is 0 Å². The van der Waals surface area contributed by atoms with Crippen molar-refractivity contribution < 1.29 is 14.4 Å². The lowest BCUT2D eigenvalue weighted by atomic mass is 9.94. The van der Waals surface area contributed by atoms with Crippen molar-refractivity contribution in [3.05, 3.63) is 41.5 Å². The molecule has 1 aliphatic heterocycles. The smallest absolute Gasteiger partial charge is 0.258 e. The Kier molecular flexibility index (Phi) is 4.10. The van der Waals surface area contributed by atoms with Gasteiger partial charge < -0.3 is 9.69 Å². The second-order valence-corrected chi connectivity index (χ2v) is 5.61. The predicted molar refractivity (Wildman–Crippen MR) is 88.9 cm³/mol. The molecule has 0 unspecified atom stereocenters. The van der Waals surface area contributed by atoms with Gasteiger partial charge in [-0.1, -0.05) is 25.5 Å². The number of unbranched alkanes of at least 4 members (excludes halogenated alkanes) is 1. The van der Waals surface area contributed by atoms with Crippen molar-refractivity contribution in [1.29, 1.82) is 0 Å². The summed E-state index contributed by atoms with van der Waals surface area (Å²) < 4.78 is 0. The molecule has 0 atom stereocenters. The molecule has 5 nitrogen and oxygen atoms in total. The lowest BCUT2D eigenvalue weighted by Crippen LogP contribution is -2.35. The Hall–Kier alpha value is -2.69. The Morgan fingerprint density at radius 1 is 1.09 bits per heavy atom. The van der Waals surface area contributed by atoms with Crippen molar-refractivity contribution in [3.8, 4) is 0 Å². The van der Waals surface area contributed by atoms with Gasteiger partial charge in [-0.15, -0.1) is 0 Å². The number of anilines is 1. The summed E-state index contributed by atoms with van der Waals surface area (Å²) in [6.45, 7) is 3.15. The molecule has 5 heteroatoms. The van der Waals surface area contributed by atoms with Crippen LogP contribution in [0.4, 0.5) is 5.69 Å². The van der Waals surface area contributed by atoms with Gasteiger partial charge in [0.05, 0.1) is 6.54 Å². The Balaban J connectivity index is 2.20. The fraction of sp³-hybridized carbons (Fsp3) is 0.278. The molecule has 1 aliphatic rings. The zero-order chi connectivity index (χ0) is 16.4. The van der Waals surface area contributed by atoms with E-state index in [1.807, 2.05) is 17.0 Å². The molecule has 0 saturated heterocycles. The average molecular weight is 310 g/mol. The predicted octanol–water partition coefficient (Wildman–Crippen LogP) is 2.53. The third-order valence-corrected chi connectivity index (χ3v) is 4.15. The van der Waals surface area contributed by atoms with Gasteiger partial charge in [-0.05, 0) is 24.6 Å². The second kappa shape index (κ2) is 6.20. The number of carbonyl (C=O) groups is 3. The van der Waals surface area contributed by atoms with E-state index in [2.05, 4.69) is 12.2 Å². The molecular weight excluding hydrogens is 292 g/mol. The van der Waals surface area contributed by atoms with Crippen LogP contribution < -0.4 is 10.2 Å². The van der Waals surface area contributed by atoms with Crippen LogP contribution in [-0.4, -0.2) is 31.2 Å². The van der Waals surface area contributed by atoms with Crippen molar-refractivity contribution in [2.24, 2.45) is 0 Å². The van der Waals surface area contributed by atoms with E-state index in [1.54, 1.807) is 18.2 Å². The van der Waals surface area contributed by atoms with Gasteiger partial charge in [0.2, 0.25) is 0 Å². The highest BCUT2D eigenvalue weighted by Gasteiger charge is 2.26. The van der Waals surface area contributed by atoms with Gasteiger partial charge >= 0.3 is 0 Å². The van der Waals surface area contributed by atoms with Crippen LogP contribution in [0, 0.1) is 0 Å². The van der Waals surface area contributed by atoms with Crippen molar-refractivity contribution in [3.63, 3.8) is 0 Å². The number of imide groups is 1. The third-order valence-electron chi connectivity index (χ3n) is 4.15. The van der Waals surface area contributed by atoms with Crippen molar-refractivity contribution in [2.75, 3.05) is 18.0 Å². The summed E-state index contributed by atoms with van der Waals surface area (Å²) in [5.74, 6) is -0.749. The van der Waals surface area contributed by atoms with E-state index >= 15 is 0 Å². The summed E-state index contributed by atoms with van der Waals surface area (Å²) in [5, 5.41) is 3.86. The minimum absolute atomic E-state index is 0.290. The number of rotatable bonds is 6. The first-order valence-electron chi connectivity index (χ1n) is 7.77. The summed E-state index contributed by atoms with van der Waals surface area (Å²) in [6.07, 6.45) is 2.87. The van der Waals surface area contributed by atoms with Crippen LogP contribution in [-0.2, 0) is 4.79 Å².